The van der Waals surface area contributed by atoms with Gasteiger partial charge in [0.15, 0.2) is 0 Å². The molecule has 0 spiro atoms. The van der Waals surface area contributed by atoms with Gasteiger partial charge in [0, 0.05) is 20.1 Å². The van der Waals surface area contributed by atoms with Crippen LogP contribution in [0, 0.1) is 0 Å². The first kappa shape index (κ1) is 16.8. The third-order valence-electron chi connectivity index (χ3n) is 2.23. The van der Waals surface area contributed by atoms with Gasteiger partial charge in [-0.05, 0) is 6.42 Å². The van der Waals surface area contributed by atoms with Crippen LogP contribution in [0.2, 0.25) is 0 Å². The Labute approximate surface area is 104 Å². The van der Waals surface area contributed by atoms with Gasteiger partial charge < -0.3 is 24.4 Å². The van der Waals surface area contributed by atoms with Crippen LogP contribution in [-0.2, 0) is 14.2 Å². The fourth-order valence-corrected chi connectivity index (χ4v) is 1.33. The average molecular weight is 250 g/mol. The summed E-state index contributed by atoms with van der Waals surface area (Å²) in [5, 5.41) is 18.9. The monoisotopic (exact) mass is 250 g/mol. The summed E-state index contributed by atoms with van der Waals surface area (Å²) >= 11 is 0. The zero-order chi connectivity index (χ0) is 12.9. The number of aliphatic hydroxyl groups excluding tert-OH is 2. The highest BCUT2D eigenvalue weighted by Gasteiger charge is 2.11. The van der Waals surface area contributed by atoms with E-state index in [-0.39, 0.29) is 19.6 Å². The first-order chi connectivity index (χ1) is 8.20. The summed E-state index contributed by atoms with van der Waals surface area (Å²) in [5.74, 6) is 0. The van der Waals surface area contributed by atoms with Crippen LogP contribution >= 0.6 is 0 Å². The standard InChI is InChI=1S/C12H26O5/c1-3-4-5-16-6-7-17-10-12(14)8-11(13)9-15-2/h11-14H,3-10H2,1-2H3. The lowest BCUT2D eigenvalue weighted by molar-refractivity contribution is -0.0254. The van der Waals surface area contributed by atoms with E-state index in [4.69, 9.17) is 14.2 Å². The van der Waals surface area contributed by atoms with Crippen LogP contribution in [0.3, 0.4) is 0 Å². The maximum Gasteiger partial charge on any atom is 0.0799 e. The minimum Gasteiger partial charge on any atom is -0.391 e. The molecule has 0 aliphatic carbocycles. The van der Waals surface area contributed by atoms with E-state index in [2.05, 4.69) is 6.92 Å². The third kappa shape index (κ3) is 12.1. The molecule has 0 aromatic heterocycles. The molecule has 104 valence electrons. The molecule has 0 radical (unpaired) electrons. The average Bonchev–Trinajstić information content (AvgIpc) is 2.28. The lowest BCUT2D eigenvalue weighted by Gasteiger charge is -2.15. The zero-order valence-electron chi connectivity index (χ0n) is 10.9. The number of hydrogen-bond acceptors (Lipinski definition) is 5. The summed E-state index contributed by atoms with van der Waals surface area (Å²) in [6, 6.07) is 0. The minimum atomic E-state index is -0.657. The Kier molecular flexibility index (Phi) is 12.1. The molecule has 5 heteroatoms. The molecular weight excluding hydrogens is 224 g/mol. The summed E-state index contributed by atoms with van der Waals surface area (Å²) in [4.78, 5) is 0. The highest BCUT2D eigenvalue weighted by molar-refractivity contribution is 4.62. The van der Waals surface area contributed by atoms with Crippen LogP contribution in [0.25, 0.3) is 0 Å². The van der Waals surface area contributed by atoms with E-state index in [1.807, 2.05) is 0 Å². The van der Waals surface area contributed by atoms with Crippen molar-refractivity contribution in [2.45, 2.75) is 38.4 Å². The number of rotatable bonds is 12. The Hall–Kier alpha value is -0.200. The summed E-state index contributed by atoms with van der Waals surface area (Å²) in [6.45, 7) is 4.35. The Morgan fingerprint density at radius 1 is 0.941 bits per heavy atom. The molecule has 0 saturated heterocycles. The SMILES string of the molecule is CCCCOCCOCC(O)CC(O)COC. The van der Waals surface area contributed by atoms with Gasteiger partial charge in [0.2, 0.25) is 0 Å². The second kappa shape index (κ2) is 12.3. The molecule has 2 atom stereocenters. The van der Waals surface area contributed by atoms with E-state index in [1.54, 1.807) is 0 Å². The fourth-order valence-electron chi connectivity index (χ4n) is 1.33. The molecule has 17 heavy (non-hydrogen) atoms. The van der Waals surface area contributed by atoms with Crippen molar-refractivity contribution >= 4 is 0 Å². The third-order valence-corrected chi connectivity index (χ3v) is 2.23. The number of ether oxygens (including phenoxy) is 3. The number of aliphatic hydroxyl groups is 2. The Morgan fingerprint density at radius 2 is 1.59 bits per heavy atom. The molecule has 0 bridgehead atoms. The van der Waals surface area contributed by atoms with Gasteiger partial charge in [-0.3, -0.25) is 0 Å². The molecule has 0 amide bonds. The number of hydrogen-bond donors (Lipinski definition) is 2. The summed E-state index contributed by atoms with van der Waals surface area (Å²) in [5.41, 5.74) is 0. The van der Waals surface area contributed by atoms with E-state index in [9.17, 15) is 10.2 Å². The van der Waals surface area contributed by atoms with Crippen LogP contribution in [-0.4, -0.2) is 62.6 Å². The molecular formula is C12H26O5. The molecule has 0 saturated carbocycles. The lowest BCUT2D eigenvalue weighted by atomic mass is 10.2. The summed E-state index contributed by atoms with van der Waals surface area (Å²) < 4.78 is 15.3. The van der Waals surface area contributed by atoms with E-state index in [0.717, 1.165) is 19.4 Å². The first-order valence-electron chi connectivity index (χ1n) is 6.21. The smallest absolute Gasteiger partial charge is 0.0799 e. The predicted octanol–water partition coefficient (Wildman–Crippen LogP) is 0.578. The topological polar surface area (TPSA) is 68.2 Å². The highest BCUT2D eigenvalue weighted by Crippen LogP contribution is 1.99. The predicted molar refractivity (Wildman–Crippen MR) is 65.1 cm³/mol. The Balaban J connectivity index is 3.24. The molecule has 2 N–H and O–H groups in total. The molecule has 0 aromatic carbocycles. The lowest BCUT2D eigenvalue weighted by Crippen LogP contribution is -2.26. The number of methoxy groups -OCH3 is 1. The Bertz CT molecular complexity index is 154. The maximum atomic E-state index is 9.51. The maximum absolute atomic E-state index is 9.51. The quantitative estimate of drug-likeness (QED) is 0.496. The molecule has 0 fully saturated rings. The van der Waals surface area contributed by atoms with Gasteiger partial charge in [0.1, 0.15) is 0 Å². The summed E-state index contributed by atoms with van der Waals surface area (Å²) in [7, 11) is 1.51. The van der Waals surface area contributed by atoms with Crippen LogP contribution in [0.5, 0.6) is 0 Å². The second-order valence-corrected chi connectivity index (χ2v) is 4.04. The van der Waals surface area contributed by atoms with Gasteiger partial charge in [-0.1, -0.05) is 13.3 Å². The second-order valence-electron chi connectivity index (χ2n) is 4.04. The van der Waals surface area contributed by atoms with Gasteiger partial charge in [0.25, 0.3) is 0 Å². The van der Waals surface area contributed by atoms with E-state index in [0.29, 0.717) is 13.2 Å². The first-order valence-corrected chi connectivity index (χ1v) is 6.21. The van der Waals surface area contributed by atoms with Crippen molar-refractivity contribution in [3.8, 4) is 0 Å². The largest absolute Gasteiger partial charge is 0.391 e. The molecule has 0 aliphatic heterocycles. The molecule has 0 rings (SSSR count). The highest BCUT2D eigenvalue weighted by atomic mass is 16.5. The molecule has 5 nitrogen and oxygen atoms in total. The Morgan fingerprint density at radius 3 is 2.24 bits per heavy atom. The van der Waals surface area contributed by atoms with Crippen molar-refractivity contribution in [2.24, 2.45) is 0 Å². The van der Waals surface area contributed by atoms with E-state index in [1.165, 1.54) is 7.11 Å². The molecule has 0 aromatic rings. The molecule has 2 unspecified atom stereocenters. The van der Waals surface area contributed by atoms with E-state index >= 15 is 0 Å². The van der Waals surface area contributed by atoms with Gasteiger partial charge >= 0.3 is 0 Å². The van der Waals surface area contributed by atoms with Gasteiger partial charge in [-0.2, -0.15) is 0 Å². The van der Waals surface area contributed by atoms with Gasteiger partial charge in [0.05, 0.1) is 38.6 Å². The van der Waals surface area contributed by atoms with Crippen LogP contribution in [0.4, 0.5) is 0 Å². The van der Waals surface area contributed by atoms with Crippen LogP contribution in [0.15, 0.2) is 0 Å². The number of unbranched alkanes of at least 4 members (excludes halogenated alkanes) is 1. The van der Waals surface area contributed by atoms with Gasteiger partial charge in [-0.15, -0.1) is 0 Å². The van der Waals surface area contributed by atoms with E-state index < -0.39 is 12.2 Å². The normalized spacial score (nSPS) is 14.8. The van der Waals surface area contributed by atoms with Crippen molar-refractivity contribution in [3.63, 3.8) is 0 Å². The van der Waals surface area contributed by atoms with Crippen molar-refractivity contribution < 1.29 is 24.4 Å². The summed E-state index contributed by atoms with van der Waals surface area (Å²) in [6.07, 6.45) is 1.16. The molecule has 0 heterocycles. The van der Waals surface area contributed by atoms with Crippen molar-refractivity contribution in [1.29, 1.82) is 0 Å². The van der Waals surface area contributed by atoms with Crippen molar-refractivity contribution in [3.05, 3.63) is 0 Å². The molecule has 0 aliphatic rings. The minimum absolute atomic E-state index is 0.220. The zero-order valence-corrected chi connectivity index (χ0v) is 10.9. The van der Waals surface area contributed by atoms with Crippen molar-refractivity contribution in [1.82, 2.24) is 0 Å². The van der Waals surface area contributed by atoms with Crippen molar-refractivity contribution in [2.75, 3.05) is 40.1 Å². The van der Waals surface area contributed by atoms with Crippen LogP contribution in [0.1, 0.15) is 26.2 Å². The van der Waals surface area contributed by atoms with Crippen LogP contribution < -0.4 is 0 Å². The van der Waals surface area contributed by atoms with Gasteiger partial charge in [-0.25, -0.2) is 0 Å². The fraction of sp³-hybridized carbons (Fsp3) is 1.00.